The maximum absolute atomic E-state index is 13.1. The molecule has 0 unspecified atom stereocenters. The fraction of sp³-hybridized carbons (Fsp3) is 0.292. The van der Waals surface area contributed by atoms with Crippen LogP contribution in [0.3, 0.4) is 0 Å². The minimum atomic E-state index is -0.276. The second-order valence-corrected chi connectivity index (χ2v) is 7.92. The molecular formula is C24H21NO5. The summed E-state index contributed by atoms with van der Waals surface area (Å²) in [7, 11) is 1.56. The highest BCUT2D eigenvalue weighted by molar-refractivity contribution is 6.23. The zero-order valence-electron chi connectivity index (χ0n) is 16.5. The van der Waals surface area contributed by atoms with E-state index in [9.17, 15) is 14.4 Å². The van der Waals surface area contributed by atoms with Crippen molar-refractivity contribution in [3.63, 3.8) is 0 Å². The number of fused-ring (bicyclic) bond motifs is 5. The van der Waals surface area contributed by atoms with Gasteiger partial charge in [0, 0.05) is 5.56 Å². The summed E-state index contributed by atoms with van der Waals surface area (Å²) < 4.78 is 10.9. The van der Waals surface area contributed by atoms with E-state index < -0.39 is 0 Å². The van der Waals surface area contributed by atoms with Gasteiger partial charge in [-0.3, -0.25) is 14.4 Å². The summed E-state index contributed by atoms with van der Waals surface area (Å²) in [5.41, 5.74) is 0.905. The van der Waals surface area contributed by atoms with Gasteiger partial charge in [-0.15, -0.1) is 0 Å². The minimum absolute atomic E-state index is 0.145. The Balaban J connectivity index is 1.35. The van der Waals surface area contributed by atoms with E-state index in [0.29, 0.717) is 22.7 Å². The van der Waals surface area contributed by atoms with Crippen molar-refractivity contribution in [1.82, 2.24) is 0 Å². The summed E-state index contributed by atoms with van der Waals surface area (Å²) in [6.45, 7) is -0.195. The first-order valence-electron chi connectivity index (χ1n) is 10.0. The molecule has 5 rings (SSSR count). The fourth-order valence-corrected chi connectivity index (χ4v) is 4.91. The number of ketones is 1. The second-order valence-electron chi connectivity index (χ2n) is 7.92. The van der Waals surface area contributed by atoms with Crippen LogP contribution in [0.4, 0.5) is 5.69 Å². The lowest BCUT2D eigenvalue weighted by molar-refractivity contribution is -0.123. The Kier molecular flexibility index (Phi) is 4.42. The van der Waals surface area contributed by atoms with Gasteiger partial charge in [0.25, 0.3) is 0 Å². The lowest BCUT2D eigenvalue weighted by Gasteiger charge is -2.20. The van der Waals surface area contributed by atoms with Gasteiger partial charge in [-0.2, -0.15) is 0 Å². The van der Waals surface area contributed by atoms with Crippen LogP contribution in [0.2, 0.25) is 0 Å². The number of allylic oxidation sites excluding steroid dienone is 2. The number of amides is 2. The number of anilines is 1. The maximum Gasteiger partial charge on any atom is 0.238 e. The normalized spacial score (nSPS) is 26.2. The summed E-state index contributed by atoms with van der Waals surface area (Å²) in [5.74, 6) is 0.212. The van der Waals surface area contributed by atoms with Crippen molar-refractivity contribution >= 4 is 23.3 Å². The molecule has 2 amide bonds. The molecule has 3 aliphatic rings. The summed E-state index contributed by atoms with van der Waals surface area (Å²) in [6.07, 6.45) is 5.02. The van der Waals surface area contributed by atoms with Crippen molar-refractivity contribution in [1.29, 1.82) is 0 Å². The van der Waals surface area contributed by atoms with E-state index in [0.717, 1.165) is 6.42 Å². The van der Waals surface area contributed by atoms with Gasteiger partial charge in [-0.05, 0) is 54.7 Å². The Bertz CT molecular complexity index is 1030. The number of carbonyl (C=O) groups excluding carboxylic acids is 3. The van der Waals surface area contributed by atoms with Crippen molar-refractivity contribution < 1.29 is 23.9 Å². The van der Waals surface area contributed by atoms with E-state index in [4.69, 9.17) is 9.47 Å². The molecule has 2 bridgehead atoms. The monoisotopic (exact) mass is 403 g/mol. The van der Waals surface area contributed by atoms with Crippen molar-refractivity contribution in [3.8, 4) is 11.5 Å². The summed E-state index contributed by atoms with van der Waals surface area (Å²) in [5, 5.41) is 0. The Hall–Kier alpha value is -3.41. The number of Topliss-reactive ketones (excluding diaryl/α,β-unsaturated/α-hetero) is 1. The zero-order chi connectivity index (χ0) is 20.8. The quantitative estimate of drug-likeness (QED) is 0.421. The summed E-state index contributed by atoms with van der Waals surface area (Å²) >= 11 is 0. The van der Waals surface area contributed by atoms with Gasteiger partial charge in [-0.1, -0.05) is 24.3 Å². The van der Waals surface area contributed by atoms with Gasteiger partial charge < -0.3 is 9.47 Å². The SMILES string of the molecule is COc1ccc(C(=O)COc2ccccc2N2C(=O)[C@@H]3[C@@H](C2=O)[C@@H]2C=C[C@@H]3C2)cc1. The largest absolute Gasteiger partial charge is 0.497 e. The first-order chi connectivity index (χ1) is 14.6. The average molecular weight is 403 g/mol. The molecule has 6 nitrogen and oxygen atoms in total. The molecule has 2 aromatic carbocycles. The average Bonchev–Trinajstić information content (AvgIpc) is 3.46. The highest BCUT2D eigenvalue weighted by Gasteiger charge is 2.59. The van der Waals surface area contributed by atoms with E-state index in [1.165, 1.54) is 4.90 Å². The highest BCUT2D eigenvalue weighted by Crippen LogP contribution is 2.53. The standard InChI is InChI=1S/C24H21NO5/c1-29-17-10-8-14(9-11-17)19(26)13-30-20-5-3-2-4-18(20)25-23(27)21-15-6-7-16(12-15)22(21)24(25)28/h2-11,15-16,21-22H,12-13H2,1H3/t15-,16-,21+,22+/m1/s1. The predicted octanol–water partition coefficient (Wildman–Crippen LogP) is 3.27. The van der Waals surface area contributed by atoms with Crippen molar-refractivity contribution in [2.24, 2.45) is 23.7 Å². The fourth-order valence-electron chi connectivity index (χ4n) is 4.91. The molecule has 1 saturated heterocycles. The van der Waals surface area contributed by atoms with Gasteiger partial charge in [0.15, 0.2) is 12.4 Å². The first kappa shape index (κ1) is 18.6. The number of methoxy groups -OCH3 is 1. The van der Waals surface area contributed by atoms with E-state index in [1.807, 2.05) is 0 Å². The Morgan fingerprint density at radius 1 is 0.967 bits per heavy atom. The Morgan fingerprint density at radius 2 is 1.60 bits per heavy atom. The van der Waals surface area contributed by atoms with Crippen molar-refractivity contribution in [2.75, 3.05) is 18.6 Å². The number of hydrogen-bond donors (Lipinski definition) is 0. The molecule has 1 aliphatic heterocycles. The van der Waals surface area contributed by atoms with Gasteiger partial charge in [0.1, 0.15) is 11.5 Å². The third-order valence-electron chi connectivity index (χ3n) is 6.35. The molecule has 1 heterocycles. The minimum Gasteiger partial charge on any atom is -0.497 e. The van der Waals surface area contributed by atoms with E-state index in [1.54, 1.807) is 55.6 Å². The van der Waals surface area contributed by atoms with Crippen LogP contribution in [-0.4, -0.2) is 31.3 Å². The van der Waals surface area contributed by atoms with Crippen LogP contribution in [-0.2, 0) is 9.59 Å². The van der Waals surface area contributed by atoms with Crippen LogP contribution >= 0.6 is 0 Å². The summed E-state index contributed by atoms with van der Waals surface area (Å²) in [6, 6.07) is 13.7. The van der Waals surface area contributed by atoms with Crippen LogP contribution < -0.4 is 14.4 Å². The topological polar surface area (TPSA) is 72.9 Å². The van der Waals surface area contributed by atoms with Crippen molar-refractivity contribution in [3.05, 3.63) is 66.2 Å². The van der Waals surface area contributed by atoms with E-state index >= 15 is 0 Å². The molecule has 0 spiro atoms. The Morgan fingerprint density at radius 3 is 2.23 bits per heavy atom. The van der Waals surface area contributed by atoms with E-state index in [2.05, 4.69) is 12.2 Å². The highest BCUT2D eigenvalue weighted by atomic mass is 16.5. The molecule has 1 saturated carbocycles. The van der Waals surface area contributed by atoms with Gasteiger partial charge in [-0.25, -0.2) is 4.90 Å². The number of imide groups is 1. The molecule has 0 N–H and O–H groups in total. The third kappa shape index (κ3) is 2.83. The first-order valence-corrected chi connectivity index (χ1v) is 10.0. The molecule has 152 valence electrons. The number of ether oxygens (including phenoxy) is 2. The third-order valence-corrected chi connectivity index (χ3v) is 6.35. The lowest BCUT2D eigenvalue weighted by Crippen LogP contribution is -2.33. The number of rotatable bonds is 6. The lowest BCUT2D eigenvalue weighted by atomic mass is 9.85. The molecule has 30 heavy (non-hydrogen) atoms. The number of carbonyl (C=O) groups is 3. The molecule has 2 aromatic rings. The molecule has 0 aromatic heterocycles. The molecule has 4 atom stereocenters. The van der Waals surface area contributed by atoms with Gasteiger partial charge in [0.2, 0.25) is 11.8 Å². The predicted molar refractivity (Wildman–Crippen MR) is 109 cm³/mol. The van der Waals surface area contributed by atoms with Crippen molar-refractivity contribution in [2.45, 2.75) is 6.42 Å². The molecule has 6 heteroatoms. The zero-order valence-corrected chi connectivity index (χ0v) is 16.5. The smallest absolute Gasteiger partial charge is 0.238 e. The van der Waals surface area contributed by atoms with Crippen LogP contribution in [0, 0.1) is 23.7 Å². The molecule has 2 aliphatic carbocycles. The van der Waals surface area contributed by atoms with Crippen LogP contribution in [0.15, 0.2) is 60.7 Å². The van der Waals surface area contributed by atoms with E-state index in [-0.39, 0.29) is 47.9 Å². The van der Waals surface area contributed by atoms with Crippen LogP contribution in [0.25, 0.3) is 0 Å². The molecule has 2 fully saturated rings. The second kappa shape index (κ2) is 7.13. The van der Waals surface area contributed by atoms with Gasteiger partial charge >= 0.3 is 0 Å². The van der Waals surface area contributed by atoms with Crippen LogP contribution in [0.5, 0.6) is 11.5 Å². The number of hydrogen-bond acceptors (Lipinski definition) is 5. The maximum atomic E-state index is 13.1. The van der Waals surface area contributed by atoms with Crippen LogP contribution in [0.1, 0.15) is 16.8 Å². The molecule has 0 radical (unpaired) electrons. The number of nitrogens with zero attached hydrogens (tertiary/aromatic N) is 1. The van der Waals surface area contributed by atoms with Gasteiger partial charge in [0.05, 0.1) is 24.6 Å². The molecular weight excluding hydrogens is 382 g/mol. The number of para-hydroxylation sites is 2. The Labute approximate surface area is 174 Å². The summed E-state index contributed by atoms with van der Waals surface area (Å²) in [4.78, 5) is 40.0. The number of benzene rings is 2.